The van der Waals surface area contributed by atoms with Crippen molar-refractivity contribution in [2.24, 2.45) is 5.92 Å². The van der Waals surface area contributed by atoms with Crippen LogP contribution in [-0.2, 0) is 17.9 Å². The number of nitrogens with one attached hydrogen (secondary N) is 1. The number of carbonyl (C=O) groups excluding carboxylic acids is 1. The first-order chi connectivity index (χ1) is 25.7. The van der Waals surface area contributed by atoms with Crippen molar-refractivity contribution in [2.75, 3.05) is 31.5 Å². The third-order valence-corrected chi connectivity index (χ3v) is 9.95. The largest absolute Gasteiger partial charge is 0.481 e. The van der Waals surface area contributed by atoms with Gasteiger partial charge in [0.15, 0.2) is 5.58 Å². The molecule has 266 valence electrons. The van der Waals surface area contributed by atoms with Gasteiger partial charge >= 0.3 is 5.97 Å². The van der Waals surface area contributed by atoms with Crippen molar-refractivity contribution in [1.82, 2.24) is 24.9 Å². The zero-order chi connectivity index (χ0) is 37.1. The van der Waals surface area contributed by atoms with Crippen LogP contribution in [0.15, 0.2) is 65.4 Å². The summed E-state index contributed by atoms with van der Waals surface area (Å²) in [6.07, 6.45) is 7.71. The highest BCUT2D eigenvalue weighted by molar-refractivity contribution is 6.04. The van der Waals surface area contributed by atoms with E-state index in [2.05, 4.69) is 37.5 Å². The fraction of sp³-hybridized carbons (Fsp3) is 0.275. The lowest BCUT2D eigenvalue weighted by molar-refractivity contribution is -0.141. The molecule has 5 aromatic rings. The van der Waals surface area contributed by atoms with E-state index in [1.165, 1.54) is 0 Å². The van der Waals surface area contributed by atoms with Crippen LogP contribution in [-0.4, -0.2) is 79.3 Å². The molecule has 2 fully saturated rings. The predicted octanol–water partition coefficient (Wildman–Crippen LogP) is 5.23. The average Bonchev–Trinajstić information content (AvgIpc) is 3.92. The van der Waals surface area contributed by atoms with Gasteiger partial charge in [0.25, 0.3) is 5.91 Å². The maximum absolute atomic E-state index is 13.2. The van der Waals surface area contributed by atoms with Gasteiger partial charge in [-0.25, -0.2) is 0 Å². The Kier molecular flexibility index (Phi) is 10.1. The minimum Gasteiger partial charge on any atom is -0.481 e. The molecule has 2 aromatic carbocycles. The Morgan fingerprint density at radius 1 is 0.962 bits per heavy atom. The molecule has 0 spiro atoms. The van der Waals surface area contributed by atoms with Crippen LogP contribution >= 0.6 is 0 Å². The summed E-state index contributed by atoms with van der Waals surface area (Å²) >= 11 is 0. The third kappa shape index (κ3) is 7.40. The fourth-order valence-electron chi connectivity index (χ4n) is 7.06. The molecule has 0 aliphatic carbocycles. The van der Waals surface area contributed by atoms with Crippen molar-refractivity contribution in [3.63, 3.8) is 0 Å². The van der Waals surface area contributed by atoms with Gasteiger partial charge in [0.1, 0.15) is 29.1 Å². The Balaban J connectivity index is 1.09. The van der Waals surface area contributed by atoms with Gasteiger partial charge in [0.2, 0.25) is 0 Å². The lowest BCUT2D eigenvalue weighted by atomic mass is 9.94. The number of carboxylic acids is 1. The molecule has 2 atom stereocenters. The molecule has 2 aliphatic rings. The molecule has 2 saturated heterocycles. The molecule has 0 saturated carbocycles. The monoisotopic (exact) mass is 708 g/mol. The number of β-amino-alcohol motifs (C(OH)–C–C–N with tert-alkyl or cyclic N) is 1. The minimum atomic E-state index is -0.806. The van der Waals surface area contributed by atoms with E-state index in [1.54, 1.807) is 48.8 Å². The molecule has 2 aliphatic heterocycles. The quantitative estimate of drug-likeness (QED) is 0.171. The van der Waals surface area contributed by atoms with E-state index < -0.39 is 11.9 Å². The highest BCUT2D eigenvalue weighted by Gasteiger charge is 2.29. The third-order valence-electron chi connectivity index (χ3n) is 9.95. The maximum atomic E-state index is 13.2. The fourth-order valence-corrected chi connectivity index (χ4v) is 7.06. The average molecular weight is 709 g/mol. The molecule has 0 radical (unpaired) electrons. The number of nitriles is 2. The summed E-state index contributed by atoms with van der Waals surface area (Å²) in [6.45, 7) is 5.47. The molecule has 3 aromatic heterocycles. The molecule has 53 heavy (non-hydrogen) atoms. The number of pyridine rings is 2. The van der Waals surface area contributed by atoms with Crippen molar-refractivity contribution in [3.8, 4) is 23.3 Å². The molecular formula is C40H36N8O5. The molecule has 13 nitrogen and oxygen atoms in total. The van der Waals surface area contributed by atoms with Gasteiger partial charge in [-0.2, -0.15) is 10.5 Å². The first-order valence-electron chi connectivity index (χ1n) is 17.3. The molecule has 7 rings (SSSR count). The number of carbonyl (C=O) groups is 2. The number of aliphatic carboxylic acids is 1. The van der Waals surface area contributed by atoms with Crippen molar-refractivity contribution in [3.05, 3.63) is 106 Å². The summed E-state index contributed by atoms with van der Waals surface area (Å²) in [7, 11) is 0. The van der Waals surface area contributed by atoms with E-state index in [9.17, 15) is 30.3 Å². The van der Waals surface area contributed by atoms with Gasteiger partial charge in [0, 0.05) is 61.8 Å². The summed E-state index contributed by atoms with van der Waals surface area (Å²) in [5.74, 6) is -1.58. The number of aliphatic hydroxyl groups excluding tert-OH is 1. The van der Waals surface area contributed by atoms with Gasteiger partial charge in [0.05, 0.1) is 23.3 Å². The number of nitrogens with zero attached hydrogens (tertiary/aromatic N) is 7. The van der Waals surface area contributed by atoms with Gasteiger partial charge in [-0.05, 0) is 78.9 Å². The molecule has 5 heterocycles. The van der Waals surface area contributed by atoms with Crippen molar-refractivity contribution in [1.29, 1.82) is 10.5 Å². The van der Waals surface area contributed by atoms with Crippen LogP contribution in [0.1, 0.15) is 62.5 Å². The molecule has 13 heteroatoms. The second-order valence-corrected chi connectivity index (χ2v) is 13.4. The van der Waals surface area contributed by atoms with Gasteiger partial charge < -0.3 is 20.1 Å². The number of likely N-dealkylation sites (tertiary alicyclic amines) is 2. The van der Waals surface area contributed by atoms with Crippen LogP contribution in [0.4, 0.5) is 5.69 Å². The topological polar surface area (TPSA) is 192 Å². The summed E-state index contributed by atoms with van der Waals surface area (Å²) in [5, 5.41) is 47.4. The number of fused-ring (bicyclic) bond motifs is 1. The summed E-state index contributed by atoms with van der Waals surface area (Å²) in [6, 6.07) is 18.9. The number of hydrogen-bond acceptors (Lipinski definition) is 11. The summed E-state index contributed by atoms with van der Waals surface area (Å²) < 4.78 is 5.62. The standard InChI is InChI=1S/C40H36N8O5/c1-24-29(3-2-4-34(24)45-39(50)36-9-5-25(19-44-36)20-47-16-13-28(49)22-47)30-11-14-43-35(33(30)18-42)10-7-26-6-8-31-37(46-53-38(31)32(26)17-41)23-48-15-12-27(21-48)40(51)52/h2-11,14,19,27-28,49H,12-13,15-16,20-23H2,1H3,(H,45,50)(H,51,52)/b10-7+/t27-,28-/m1/s1. The highest BCUT2D eigenvalue weighted by atomic mass is 16.5. The maximum Gasteiger partial charge on any atom is 0.307 e. The Labute approximate surface area is 305 Å². The normalized spacial score (nSPS) is 17.7. The van der Waals surface area contributed by atoms with Crippen LogP contribution in [0, 0.1) is 35.5 Å². The van der Waals surface area contributed by atoms with Gasteiger partial charge in [-0.3, -0.25) is 29.4 Å². The SMILES string of the molecule is Cc1c(NC(=O)c2ccc(CN3CC[C@@H](O)C3)cn2)cccc1-c1ccnc(/C=C/c2ccc3c(CN4CC[C@@H](C(=O)O)C4)noc3c2C#N)c1C#N. The van der Waals surface area contributed by atoms with Crippen molar-refractivity contribution < 1.29 is 24.3 Å². The Hall–Kier alpha value is -6.25. The number of aromatic nitrogens is 3. The molecule has 3 N–H and O–H groups in total. The zero-order valence-corrected chi connectivity index (χ0v) is 29.0. The lowest BCUT2D eigenvalue weighted by Crippen LogP contribution is -2.23. The van der Waals surface area contributed by atoms with Crippen LogP contribution < -0.4 is 5.32 Å². The number of anilines is 1. The molecule has 0 bridgehead atoms. The van der Waals surface area contributed by atoms with Crippen molar-refractivity contribution in [2.45, 2.75) is 39.0 Å². The van der Waals surface area contributed by atoms with Crippen LogP contribution in [0.3, 0.4) is 0 Å². The van der Waals surface area contributed by atoms with E-state index in [1.807, 2.05) is 36.1 Å². The van der Waals surface area contributed by atoms with Crippen LogP contribution in [0.2, 0.25) is 0 Å². The number of amides is 1. The van der Waals surface area contributed by atoms with E-state index in [-0.39, 0.29) is 23.3 Å². The molecule has 0 unspecified atom stereocenters. The first kappa shape index (κ1) is 35.2. The molecule has 1 amide bonds. The van der Waals surface area contributed by atoms with Crippen LogP contribution in [0.5, 0.6) is 0 Å². The number of hydrogen-bond donors (Lipinski definition) is 3. The number of benzene rings is 2. The first-order valence-corrected chi connectivity index (χ1v) is 17.3. The summed E-state index contributed by atoms with van der Waals surface area (Å²) in [5.41, 5.74) is 6.48. The van der Waals surface area contributed by atoms with E-state index in [0.717, 1.165) is 29.7 Å². The van der Waals surface area contributed by atoms with E-state index in [0.29, 0.717) is 83.9 Å². The zero-order valence-electron chi connectivity index (χ0n) is 29.0. The number of carboxylic acid groups (broad SMARTS) is 1. The van der Waals surface area contributed by atoms with E-state index in [4.69, 9.17) is 4.52 Å². The predicted molar refractivity (Wildman–Crippen MR) is 196 cm³/mol. The second kappa shape index (κ2) is 15.2. The number of aliphatic hydroxyl groups is 1. The Morgan fingerprint density at radius 2 is 1.77 bits per heavy atom. The second-order valence-electron chi connectivity index (χ2n) is 13.4. The van der Waals surface area contributed by atoms with Crippen molar-refractivity contribution >= 4 is 40.7 Å². The number of rotatable bonds is 10. The smallest absolute Gasteiger partial charge is 0.307 e. The molecular weight excluding hydrogens is 672 g/mol. The van der Waals surface area contributed by atoms with E-state index >= 15 is 0 Å². The van der Waals surface area contributed by atoms with Gasteiger partial charge in [-0.1, -0.05) is 35.5 Å². The van der Waals surface area contributed by atoms with Gasteiger partial charge in [-0.15, -0.1) is 0 Å². The highest BCUT2D eigenvalue weighted by Crippen LogP contribution is 2.33. The minimum absolute atomic E-state index is 0.269. The van der Waals surface area contributed by atoms with Crippen LogP contribution in [0.25, 0.3) is 34.2 Å². The summed E-state index contributed by atoms with van der Waals surface area (Å²) in [4.78, 5) is 37.6. The Morgan fingerprint density at radius 3 is 2.49 bits per heavy atom. The lowest BCUT2D eigenvalue weighted by Gasteiger charge is -2.15. The Bertz CT molecular complexity index is 2320.